The zero-order chi connectivity index (χ0) is 21.5. The maximum Gasteiger partial charge on any atom is 0.255 e. The average molecular weight is 399 g/mol. The van der Waals surface area contributed by atoms with Crippen LogP contribution in [0.1, 0.15) is 40.1 Å². The summed E-state index contributed by atoms with van der Waals surface area (Å²) in [6, 6.07) is 22.2. The number of carbonyl (C=O) groups excluding carboxylic acids is 2. The highest BCUT2D eigenvalue weighted by Gasteiger charge is 2.12. The molecule has 0 fully saturated rings. The maximum atomic E-state index is 12.6. The molecular formula is C24H21N3O3. The van der Waals surface area contributed by atoms with Crippen LogP contribution in [-0.4, -0.2) is 17.9 Å². The third-order valence-corrected chi connectivity index (χ3v) is 4.16. The quantitative estimate of drug-likeness (QED) is 0.620. The number of anilines is 2. The lowest BCUT2D eigenvalue weighted by Gasteiger charge is -2.14. The standard InChI is InChI=1S/C24H21N3O3/c1-16(2)30-22-9-4-3-8-21(22)27-24(29)19-12-10-18(11-13-19)23(28)26-20-7-5-6-17(14-20)15-25/h3-14,16H,1-2H3,(H,26,28)(H,27,29). The summed E-state index contributed by atoms with van der Waals surface area (Å²) in [7, 11) is 0. The van der Waals surface area contributed by atoms with Crippen LogP contribution in [0.25, 0.3) is 0 Å². The van der Waals surface area contributed by atoms with Crippen molar-refractivity contribution in [2.45, 2.75) is 20.0 Å². The molecule has 6 heteroatoms. The van der Waals surface area contributed by atoms with E-state index >= 15 is 0 Å². The van der Waals surface area contributed by atoms with Gasteiger partial charge in [0.15, 0.2) is 0 Å². The van der Waals surface area contributed by atoms with Gasteiger partial charge in [0.05, 0.1) is 23.4 Å². The maximum absolute atomic E-state index is 12.6. The van der Waals surface area contributed by atoms with Crippen molar-refractivity contribution >= 4 is 23.2 Å². The molecule has 0 aromatic heterocycles. The topological polar surface area (TPSA) is 91.2 Å². The summed E-state index contributed by atoms with van der Waals surface area (Å²) in [5, 5.41) is 14.5. The van der Waals surface area contributed by atoms with E-state index in [1.54, 1.807) is 60.7 Å². The Bertz CT molecular complexity index is 1100. The van der Waals surface area contributed by atoms with Gasteiger partial charge in [0, 0.05) is 16.8 Å². The Labute approximate surface area is 175 Å². The summed E-state index contributed by atoms with van der Waals surface area (Å²) in [5.74, 6) is -0.0346. The first-order valence-corrected chi connectivity index (χ1v) is 9.45. The zero-order valence-electron chi connectivity index (χ0n) is 16.7. The molecule has 0 saturated heterocycles. The Kier molecular flexibility index (Phi) is 6.46. The van der Waals surface area contributed by atoms with Crippen LogP contribution in [0.2, 0.25) is 0 Å². The van der Waals surface area contributed by atoms with E-state index in [2.05, 4.69) is 10.6 Å². The number of nitriles is 1. The highest BCUT2D eigenvalue weighted by Crippen LogP contribution is 2.25. The lowest BCUT2D eigenvalue weighted by molar-refractivity contribution is 0.101. The molecule has 150 valence electrons. The number of amides is 2. The van der Waals surface area contributed by atoms with Gasteiger partial charge in [-0.3, -0.25) is 9.59 Å². The van der Waals surface area contributed by atoms with Gasteiger partial charge in [0.1, 0.15) is 5.75 Å². The van der Waals surface area contributed by atoms with E-state index in [9.17, 15) is 9.59 Å². The Morgan fingerprint density at radius 2 is 1.50 bits per heavy atom. The van der Waals surface area contributed by atoms with Crippen LogP contribution in [0.3, 0.4) is 0 Å². The van der Waals surface area contributed by atoms with Crippen molar-refractivity contribution < 1.29 is 14.3 Å². The molecule has 0 aliphatic rings. The van der Waals surface area contributed by atoms with Crippen molar-refractivity contribution in [1.82, 2.24) is 0 Å². The number of para-hydroxylation sites is 2. The van der Waals surface area contributed by atoms with Crippen LogP contribution in [0.4, 0.5) is 11.4 Å². The second-order valence-electron chi connectivity index (χ2n) is 6.84. The second-order valence-corrected chi connectivity index (χ2v) is 6.84. The van der Waals surface area contributed by atoms with E-state index < -0.39 is 0 Å². The number of hydrogen-bond donors (Lipinski definition) is 2. The van der Waals surface area contributed by atoms with E-state index in [1.165, 1.54) is 0 Å². The largest absolute Gasteiger partial charge is 0.489 e. The molecule has 0 saturated carbocycles. The molecule has 30 heavy (non-hydrogen) atoms. The Morgan fingerprint density at radius 3 is 2.13 bits per heavy atom. The van der Waals surface area contributed by atoms with Gasteiger partial charge in [-0.25, -0.2) is 0 Å². The molecule has 3 aromatic carbocycles. The van der Waals surface area contributed by atoms with Gasteiger partial charge in [0.2, 0.25) is 0 Å². The molecule has 0 heterocycles. The van der Waals surface area contributed by atoms with E-state index in [0.717, 1.165) is 0 Å². The number of hydrogen-bond acceptors (Lipinski definition) is 4. The van der Waals surface area contributed by atoms with Crippen molar-refractivity contribution in [3.05, 3.63) is 89.5 Å². The van der Waals surface area contributed by atoms with Crippen LogP contribution < -0.4 is 15.4 Å². The van der Waals surface area contributed by atoms with Crippen molar-refractivity contribution in [3.63, 3.8) is 0 Å². The fourth-order valence-corrected chi connectivity index (χ4v) is 2.76. The zero-order valence-corrected chi connectivity index (χ0v) is 16.7. The first kappa shape index (κ1) is 20.6. The van der Waals surface area contributed by atoms with Gasteiger partial charge in [0.25, 0.3) is 11.8 Å². The number of nitrogens with zero attached hydrogens (tertiary/aromatic N) is 1. The molecule has 6 nitrogen and oxygen atoms in total. The van der Waals surface area contributed by atoms with Crippen molar-refractivity contribution in [2.75, 3.05) is 10.6 Å². The molecule has 0 spiro atoms. The summed E-state index contributed by atoms with van der Waals surface area (Å²) in [4.78, 5) is 25.0. The molecule has 0 radical (unpaired) electrons. The first-order valence-electron chi connectivity index (χ1n) is 9.45. The summed E-state index contributed by atoms with van der Waals surface area (Å²) in [6.07, 6.45) is -0.0188. The number of carbonyl (C=O) groups is 2. The van der Waals surface area contributed by atoms with Crippen molar-refractivity contribution in [3.8, 4) is 11.8 Å². The van der Waals surface area contributed by atoms with Crippen LogP contribution in [-0.2, 0) is 0 Å². The number of nitrogens with one attached hydrogen (secondary N) is 2. The average Bonchev–Trinajstić information content (AvgIpc) is 2.75. The number of ether oxygens (including phenoxy) is 1. The second kappa shape index (κ2) is 9.39. The monoisotopic (exact) mass is 399 g/mol. The van der Waals surface area contributed by atoms with Crippen molar-refractivity contribution in [1.29, 1.82) is 5.26 Å². The van der Waals surface area contributed by atoms with Gasteiger partial charge in [-0.1, -0.05) is 18.2 Å². The molecule has 0 aliphatic carbocycles. The fraction of sp³-hybridized carbons (Fsp3) is 0.125. The highest BCUT2D eigenvalue weighted by molar-refractivity contribution is 6.07. The predicted molar refractivity (Wildman–Crippen MR) is 116 cm³/mol. The molecule has 0 atom stereocenters. The number of benzene rings is 3. The minimum atomic E-state index is -0.326. The Morgan fingerprint density at radius 1 is 0.867 bits per heavy atom. The third kappa shape index (κ3) is 5.24. The minimum absolute atomic E-state index is 0.0188. The van der Waals surface area contributed by atoms with Gasteiger partial charge in [-0.05, 0) is 68.4 Å². The van der Waals surface area contributed by atoms with Gasteiger partial charge in [-0.15, -0.1) is 0 Å². The third-order valence-electron chi connectivity index (χ3n) is 4.16. The van der Waals surface area contributed by atoms with Gasteiger partial charge >= 0.3 is 0 Å². The van der Waals surface area contributed by atoms with Crippen LogP contribution in [0.15, 0.2) is 72.8 Å². The number of rotatable bonds is 6. The van der Waals surface area contributed by atoms with Crippen LogP contribution >= 0.6 is 0 Å². The van der Waals surface area contributed by atoms with Crippen molar-refractivity contribution in [2.24, 2.45) is 0 Å². The van der Waals surface area contributed by atoms with Gasteiger partial charge in [-0.2, -0.15) is 5.26 Å². The Balaban J connectivity index is 1.69. The molecule has 2 amide bonds. The SMILES string of the molecule is CC(C)Oc1ccccc1NC(=O)c1ccc(C(=O)Nc2cccc(C#N)c2)cc1. The summed E-state index contributed by atoms with van der Waals surface area (Å²) in [5.41, 5.74) is 2.38. The molecule has 2 N–H and O–H groups in total. The van der Waals surface area contributed by atoms with Crippen LogP contribution in [0, 0.1) is 11.3 Å². The van der Waals surface area contributed by atoms with E-state index in [1.807, 2.05) is 32.0 Å². The minimum Gasteiger partial charge on any atom is -0.489 e. The van der Waals surface area contributed by atoms with Gasteiger partial charge < -0.3 is 15.4 Å². The lowest BCUT2D eigenvalue weighted by atomic mass is 10.1. The fourth-order valence-electron chi connectivity index (χ4n) is 2.76. The summed E-state index contributed by atoms with van der Waals surface area (Å²) in [6.45, 7) is 3.83. The van der Waals surface area contributed by atoms with E-state index in [-0.39, 0.29) is 17.9 Å². The molecule has 0 unspecified atom stereocenters. The predicted octanol–water partition coefficient (Wildman–Crippen LogP) is 4.85. The lowest BCUT2D eigenvalue weighted by Crippen LogP contribution is -2.15. The Hall–Kier alpha value is -4.11. The normalized spacial score (nSPS) is 10.2. The molecular weight excluding hydrogens is 378 g/mol. The summed E-state index contributed by atoms with van der Waals surface area (Å²) >= 11 is 0. The van der Waals surface area contributed by atoms with Crippen LogP contribution in [0.5, 0.6) is 5.75 Å². The summed E-state index contributed by atoms with van der Waals surface area (Å²) < 4.78 is 5.72. The molecule has 3 rings (SSSR count). The van der Waals surface area contributed by atoms with E-state index in [0.29, 0.717) is 33.8 Å². The molecule has 3 aromatic rings. The van der Waals surface area contributed by atoms with E-state index in [4.69, 9.17) is 10.00 Å². The molecule has 0 aliphatic heterocycles. The molecule has 0 bridgehead atoms. The smallest absolute Gasteiger partial charge is 0.255 e. The first-order chi connectivity index (χ1) is 14.5. The highest BCUT2D eigenvalue weighted by atomic mass is 16.5.